The van der Waals surface area contributed by atoms with Gasteiger partial charge in [-0.15, -0.1) is 11.8 Å². The Bertz CT molecular complexity index is 1070. The summed E-state index contributed by atoms with van der Waals surface area (Å²) < 4.78 is 0. The second kappa shape index (κ2) is 7.63. The zero-order chi connectivity index (χ0) is 17.8. The van der Waals surface area contributed by atoms with Gasteiger partial charge in [0.2, 0.25) is 5.91 Å². The van der Waals surface area contributed by atoms with Gasteiger partial charge in [-0.2, -0.15) is 0 Å². The molecule has 0 bridgehead atoms. The number of carbonyl (C=O) groups is 1. The standard InChI is InChI=1S/C23H19NOS/c25-23(24-21-13-12-17-6-1-2-8-19(17)14-21)16-26-15-20-10-5-9-18-7-3-4-11-22(18)20/h1-14H,15-16H2,(H,24,25). The Kier molecular flexibility index (Phi) is 4.89. The fourth-order valence-corrected chi connectivity index (χ4v) is 3.97. The lowest BCUT2D eigenvalue weighted by Gasteiger charge is -2.08. The van der Waals surface area contributed by atoms with E-state index in [2.05, 4.69) is 59.9 Å². The molecule has 26 heavy (non-hydrogen) atoms. The third-order valence-corrected chi connectivity index (χ3v) is 5.39. The van der Waals surface area contributed by atoms with Crippen LogP contribution in [-0.4, -0.2) is 11.7 Å². The van der Waals surface area contributed by atoms with E-state index in [4.69, 9.17) is 0 Å². The molecule has 2 nitrogen and oxygen atoms in total. The lowest BCUT2D eigenvalue weighted by Crippen LogP contribution is -2.14. The molecule has 0 aliphatic rings. The summed E-state index contributed by atoms with van der Waals surface area (Å²) >= 11 is 1.64. The lowest BCUT2D eigenvalue weighted by molar-refractivity contribution is -0.113. The van der Waals surface area contributed by atoms with Gasteiger partial charge in [0.25, 0.3) is 0 Å². The Labute approximate surface area is 157 Å². The van der Waals surface area contributed by atoms with Crippen LogP contribution in [0, 0.1) is 0 Å². The van der Waals surface area contributed by atoms with Crippen molar-refractivity contribution in [3.63, 3.8) is 0 Å². The van der Waals surface area contributed by atoms with E-state index in [0.717, 1.165) is 16.8 Å². The largest absolute Gasteiger partial charge is 0.325 e. The number of thioether (sulfide) groups is 1. The molecule has 0 aliphatic carbocycles. The van der Waals surface area contributed by atoms with E-state index < -0.39 is 0 Å². The summed E-state index contributed by atoms with van der Waals surface area (Å²) in [4.78, 5) is 12.3. The van der Waals surface area contributed by atoms with Crippen molar-refractivity contribution in [3.05, 3.63) is 90.5 Å². The quantitative estimate of drug-likeness (QED) is 0.484. The average Bonchev–Trinajstić information content (AvgIpc) is 2.68. The predicted octanol–water partition coefficient (Wildman–Crippen LogP) is 5.86. The number of anilines is 1. The number of fused-ring (bicyclic) bond motifs is 2. The Balaban J connectivity index is 1.37. The maximum atomic E-state index is 12.3. The molecule has 0 fully saturated rings. The van der Waals surface area contributed by atoms with Gasteiger partial charge in [0.05, 0.1) is 5.75 Å². The Morgan fingerprint density at radius 1 is 0.769 bits per heavy atom. The Hall–Kier alpha value is -2.78. The van der Waals surface area contributed by atoms with E-state index in [1.54, 1.807) is 11.8 Å². The van der Waals surface area contributed by atoms with Crippen LogP contribution in [0.5, 0.6) is 0 Å². The zero-order valence-electron chi connectivity index (χ0n) is 14.3. The van der Waals surface area contributed by atoms with Crippen molar-refractivity contribution in [2.75, 3.05) is 11.1 Å². The van der Waals surface area contributed by atoms with Crippen molar-refractivity contribution >= 4 is 44.9 Å². The number of rotatable bonds is 5. The summed E-state index contributed by atoms with van der Waals surface area (Å²) in [7, 11) is 0. The first-order chi connectivity index (χ1) is 12.8. The van der Waals surface area contributed by atoms with Gasteiger partial charge in [-0.05, 0) is 39.2 Å². The summed E-state index contributed by atoms with van der Waals surface area (Å²) in [6.07, 6.45) is 0. The molecule has 1 amide bonds. The molecule has 0 atom stereocenters. The number of carbonyl (C=O) groups excluding carboxylic acids is 1. The smallest absolute Gasteiger partial charge is 0.234 e. The van der Waals surface area contributed by atoms with Crippen LogP contribution < -0.4 is 5.32 Å². The van der Waals surface area contributed by atoms with Crippen molar-refractivity contribution in [1.29, 1.82) is 0 Å². The predicted molar refractivity (Wildman–Crippen MR) is 113 cm³/mol. The first-order valence-electron chi connectivity index (χ1n) is 8.63. The molecule has 0 aliphatic heterocycles. The third kappa shape index (κ3) is 3.73. The number of hydrogen-bond donors (Lipinski definition) is 1. The minimum atomic E-state index is 0.0329. The molecule has 0 unspecified atom stereocenters. The number of benzene rings is 4. The summed E-state index contributed by atoms with van der Waals surface area (Å²) in [6, 6.07) is 28.9. The van der Waals surface area contributed by atoms with Crippen LogP contribution in [-0.2, 0) is 10.5 Å². The van der Waals surface area contributed by atoms with Crippen LogP contribution in [0.15, 0.2) is 84.9 Å². The van der Waals surface area contributed by atoms with Crippen LogP contribution in [0.1, 0.15) is 5.56 Å². The molecule has 4 rings (SSSR count). The van der Waals surface area contributed by atoms with E-state index in [0.29, 0.717) is 5.75 Å². The van der Waals surface area contributed by atoms with E-state index in [9.17, 15) is 4.79 Å². The van der Waals surface area contributed by atoms with Crippen molar-refractivity contribution < 1.29 is 4.79 Å². The fourth-order valence-electron chi connectivity index (χ4n) is 3.14. The van der Waals surface area contributed by atoms with Gasteiger partial charge >= 0.3 is 0 Å². The zero-order valence-corrected chi connectivity index (χ0v) is 15.1. The van der Waals surface area contributed by atoms with Gasteiger partial charge in [0.1, 0.15) is 0 Å². The van der Waals surface area contributed by atoms with Gasteiger partial charge in [0.15, 0.2) is 0 Å². The molecule has 0 heterocycles. The molecular weight excluding hydrogens is 338 g/mol. The van der Waals surface area contributed by atoms with E-state index in [-0.39, 0.29) is 5.91 Å². The normalized spacial score (nSPS) is 10.9. The number of hydrogen-bond acceptors (Lipinski definition) is 2. The molecular formula is C23H19NOS. The third-order valence-electron chi connectivity index (χ3n) is 4.40. The van der Waals surface area contributed by atoms with Gasteiger partial charge in [-0.3, -0.25) is 4.79 Å². The van der Waals surface area contributed by atoms with Crippen LogP contribution in [0.25, 0.3) is 21.5 Å². The SMILES string of the molecule is O=C(CSCc1cccc2ccccc12)Nc1ccc2ccccc2c1. The molecule has 128 valence electrons. The Morgan fingerprint density at radius 2 is 1.50 bits per heavy atom. The molecule has 4 aromatic rings. The summed E-state index contributed by atoms with van der Waals surface area (Å²) in [5.41, 5.74) is 2.12. The van der Waals surface area contributed by atoms with Crippen LogP contribution in [0.3, 0.4) is 0 Å². The molecule has 0 aromatic heterocycles. The molecule has 0 saturated heterocycles. The average molecular weight is 357 g/mol. The minimum Gasteiger partial charge on any atom is -0.325 e. The highest BCUT2D eigenvalue weighted by atomic mass is 32.2. The maximum absolute atomic E-state index is 12.3. The van der Waals surface area contributed by atoms with Gasteiger partial charge in [-0.25, -0.2) is 0 Å². The number of amides is 1. The van der Waals surface area contributed by atoms with Crippen LogP contribution in [0.2, 0.25) is 0 Å². The van der Waals surface area contributed by atoms with E-state index in [1.807, 2.05) is 30.3 Å². The highest BCUT2D eigenvalue weighted by molar-refractivity contribution is 7.99. The summed E-state index contributed by atoms with van der Waals surface area (Å²) in [5, 5.41) is 7.81. The van der Waals surface area contributed by atoms with Crippen molar-refractivity contribution in [2.24, 2.45) is 0 Å². The summed E-state index contributed by atoms with van der Waals surface area (Å²) in [6.45, 7) is 0. The molecule has 0 radical (unpaired) electrons. The van der Waals surface area contributed by atoms with E-state index >= 15 is 0 Å². The topological polar surface area (TPSA) is 29.1 Å². The summed E-state index contributed by atoms with van der Waals surface area (Å²) in [5.74, 6) is 1.30. The van der Waals surface area contributed by atoms with E-state index in [1.165, 1.54) is 21.7 Å². The van der Waals surface area contributed by atoms with Gasteiger partial charge in [0, 0.05) is 11.4 Å². The fraction of sp³-hybridized carbons (Fsp3) is 0.0870. The molecule has 1 N–H and O–H groups in total. The van der Waals surface area contributed by atoms with Crippen LogP contribution in [0.4, 0.5) is 5.69 Å². The van der Waals surface area contributed by atoms with Crippen molar-refractivity contribution in [3.8, 4) is 0 Å². The van der Waals surface area contributed by atoms with Gasteiger partial charge in [-0.1, -0.05) is 72.8 Å². The maximum Gasteiger partial charge on any atom is 0.234 e. The van der Waals surface area contributed by atoms with Crippen LogP contribution >= 0.6 is 11.8 Å². The second-order valence-electron chi connectivity index (χ2n) is 6.24. The molecule has 0 spiro atoms. The van der Waals surface area contributed by atoms with Crippen molar-refractivity contribution in [2.45, 2.75) is 5.75 Å². The van der Waals surface area contributed by atoms with Gasteiger partial charge < -0.3 is 5.32 Å². The second-order valence-corrected chi connectivity index (χ2v) is 7.23. The Morgan fingerprint density at radius 3 is 2.38 bits per heavy atom. The molecule has 0 saturated carbocycles. The molecule has 3 heteroatoms. The first kappa shape index (κ1) is 16.7. The number of nitrogens with one attached hydrogen (secondary N) is 1. The highest BCUT2D eigenvalue weighted by Crippen LogP contribution is 2.23. The minimum absolute atomic E-state index is 0.0329. The van der Waals surface area contributed by atoms with Crippen molar-refractivity contribution in [1.82, 2.24) is 0 Å². The highest BCUT2D eigenvalue weighted by Gasteiger charge is 2.05. The first-order valence-corrected chi connectivity index (χ1v) is 9.78. The lowest BCUT2D eigenvalue weighted by atomic mass is 10.1. The molecule has 4 aromatic carbocycles. The monoisotopic (exact) mass is 357 g/mol.